The Hall–Kier alpha value is -0.900. The minimum Gasteiger partial charge on any atom is -0.368 e. The lowest BCUT2D eigenvalue weighted by Gasteiger charge is -2.29. The fourth-order valence-electron chi connectivity index (χ4n) is 1.29. The Kier molecular flexibility index (Phi) is 2.81. The van der Waals surface area contributed by atoms with Gasteiger partial charge in [-0.15, -0.1) is 5.06 Å². The molecule has 1 saturated heterocycles. The van der Waals surface area contributed by atoms with E-state index < -0.39 is 0 Å². The van der Waals surface area contributed by atoms with Crippen LogP contribution in [0.1, 0.15) is 26.7 Å². The molecule has 0 aromatic heterocycles. The second-order valence-corrected chi connectivity index (χ2v) is 3.07. The van der Waals surface area contributed by atoms with Gasteiger partial charge in [0, 0.05) is 26.3 Å². The summed E-state index contributed by atoms with van der Waals surface area (Å²) in [4.78, 5) is 26.4. The molecule has 1 aliphatic heterocycles. The maximum atomic E-state index is 10.9. The Morgan fingerprint density at radius 2 is 2.33 bits per heavy atom. The summed E-state index contributed by atoms with van der Waals surface area (Å²) in [6.07, 6.45) is 0.963. The number of hydroxylamine groups is 2. The summed E-state index contributed by atoms with van der Waals surface area (Å²) in [6.45, 7) is 3.77. The first-order valence-electron chi connectivity index (χ1n) is 4.06. The van der Waals surface area contributed by atoms with Crippen LogP contribution >= 0.6 is 0 Å². The van der Waals surface area contributed by atoms with E-state index in [1.54, 1.807) is 5.06 Å². The molecule has 0 unspecified atom stereocenters. The summed E-state index contributed by atoms with van der Waals surface area (Å²) in [5.74, 6) is -0.0814. The zero-order valence-electron chi connectivity index (χ0n) is 7.37. The van der Waals surface area contributed by atoms with Crippen LogP contribution in [0.2, 0.25) is 0 Å². The maximum Gasteiger partial charge on any atom is 0.322 e. The quantitative estimate of drug-likeness (QED) is 0.577. The number of carbonyl (C=O) groups excluding carboxylic acids is 2. The Morgan fingerprint density at radius 3 is 2.83 bits per heavy atom. The molecular formula is C8H13NO3. The van der Waals surface area contributed by atoms with Crippen molar-refractivity contribution in [2.75, 3.05) is 6.54 Å². The topological polar surface area (TPSA) is 46.6 Å². The van der Waals surface area contributed by atoms with Crippen LogP contribution in [0.3, 0.4) is 0 Å². The van der Waals surface area contributed by atoms with E-state index >= 15 is 0 Å². The molecule has 1 aliphatic rings. The predicted molar refractivity (Wildman–Crippen MR) is 42.2 cm³/mol. The highest BCUT2D eigenvalue weighted by Gasteiger charge is 2.25. The van der Waals surface area contributed by atoms with Crippen LogP contribution in [0.15, 0.2) is 0 Å². The van der Waals surface area contributed by atoms with Gasteiger partial charge in [-0.1, -0.05) is 0 Å². The van der Waals surface area contributed by atoms with Gasteiger partial charge in [0.15, 0.2) is 0 Å². The van der Waals surface area contributed by atoms with Crippen molar-refractivity contribution in [2.24, 2.45) is 0 Å². The van der Waals surface area contributed by atoms with Crippen molar-refractivity contribution in [1.29, 1.82) is 0 Å². The van der Waals surface area contributed by atoms with Crippen molar-refractivity contribution in [3.05, 3.63) is 0 Å². The van der Waals surface area contributed by atoms with E-state index in [0.29, 0.717) is 19.4 Å². The third-order valence-electron chi connectivity index (χ3n) is 1.87. The maximum absolute atomic E-state index is 10.9. The highest BCUT2D eigenvalue weighted by molar-refractivity contribution is 5.80. The number of ketones is 1. The lowest BCUT2D eigenvalue weighted by atomic mass is 10.1. The zero-order valence-corrected chi connectivity index (χ0v) is 7.37. The van der Waals surface area contributed by atoms with E-state index in [1.165, 1.54) is 6.92 Å². The molecule has 12 heavy (non-hydrogen) atoms. The van der Waals surface area contributed by atoms with Crippen molar-refractivity contribution >= 4 is 11.8 Å². The molecule has 0 saturated carbocycles. The Balaban J connectivity index is 2.45. The molecule has 1 rings (SSSR count). The summed E-state index contributed by atoms with van der Waals surface area (Å²) in [6, 6.07) is 0.0233. The molecule has 0 N–H and O–H groups in total. The highest BCUT2D eigenvalue weighted by Crippen LogP contribution is 2.13. The number of hydrogen-bond acceptors (Lipinski definition) is 4. The average molecular weight is 171 g/mol. The molecule has 1 heterocycles. The lowest BCUT2D eigenvalue weighted by Crippen LogP contribution is -2.41. The summed E-state index contributed by atoms with van der Waals surface area (Å²) in [5, 5.41) is 1.57. The summed E-state index contributed by atoms with van der Waals surface area (Å²) in [5.41, 5.74) is 0. The van der Waals surface area contributed by atoms with Gasteiger partial charge in [0.1, 0.15) is 5.78 Å². The molecule has 0 spiro atoms. The SMILES string of the molecule is CC(=O)ON1CCC(=O)C[C@H]1C. The van der Waals surface area contributed by atoms with Gasteiger partial charge in [0.2, 0.25) is 0 Å². The van der Waals surface area contributed by atoms with Crippen LogP contribution in [-0.2, 0) is 14.4 Å². The molecule has 68 valence electrons. The molecule has 4 nitrogen and oxygen atoms in total. The van der Waals surface area contributed by atoms with Crippen molar-refractivity contribution in [1.82, 2.24) is 5.06 Å². The van der Waals surface area contributed by atoms with Crippen molar-refractivity contribution < 1.29 is 14.4 Å². The highest BCUT2D eigenvalue weighted by atomic mass is 16.7. The van der Waals surface area contributed by atoms with Crippen LogP contribution in [0.25, 0.3) is 0 Å². The minimum atomic E-state index is -0.323. The number of hydrogen-bond donors (Lipinski definition) is 0. The van der Waals surface area contributed by atoms with E-state index in [9.17, 15) is 9.59 Å². The molecule has 0 bridgehead atoms. The van der Waals surface area contributed by atoms with Crippen LogP contribution < -0.4 is 0 Å². The Morgan fingerprint density at radius 1 is 1.67 bits per heavy atom. The van der Waals surface area contributed by atoms with Crippen LogP contribution in [0.5, 0.6) is 0 Å². The zero-order chi connectivity index (χ0) is 9.14. The number of rotatable bonds is 1. The second-order valence-electron chi connectivity index (χ2n) is 3.07. The Bertz CT molecular complexity index is 202. The third-order valence-corrected chi connectivity index (χ3v) is 1.87. The van der Waals surface area contributed by atoms with Crippen LogP contribution in [-0.4, -0.2) is 29.4 Å². The molecular weight excluding hydrogens is 158 g/mol. The van der Waals surface area contributed by atoms with Crippen LogP contribution in [0, 0.1) is 0 Å². The van der Waals surface area contributed by atoms with E-state index in [1.807, 2.05) is 6.92 Å². The third kappa shape index (κ3) is 2.30. The molecule has 0 aromatic rings. The van der Waals surface area contributed by atoms with E-state index in [-0.39, 0.29) is 17.8 Å². The molecule has 0 aromatic carbocycles. The van der Waals surface area contributed by atoms with Gasteiger partial charge >= 0.3 is 5.97 Å². The van der Waals surface area contributed by atoms with Crippen molar-refractivity contribution in [3.63, 3.8) is 0 Å². The predicted octanol–water partition coefficient (Wildman–Crippen LogP) is 0.518. The lowest BCUT2D eigenvalue weighted by molar-refractivity contribution is -0.203. The largest absolute Gasteiger partial charge is 0.368 e. The summed E-state index contributed by atoms with van der Waals surface area (Å²) >= 11 is 0. The number of carbonyl (C=O) groups is 2. The standard InChI is InChI=1S/C8H13NO3/c1-6-5-8(11)3-4-9(6)12-7(2)10/h6H,3-5H2,1-2H3/t6-/m1/s1. The van der Waals surface area contributed by atoms with Gasteiger partial charge in [-0.05, 0) is 6.92 Å². The van der Waals surface area contributed by atoms with Crippen molar-refractivity contribution in [2.45, 2.75) is 32.7 Å². The molecule has 1 atom stereocenters. The van der Waals surface area contributed by atoms with Gasteiger partial charge < -0.3 is 4.84 Å². The second kappa shape index (κ2) is 3.67. The number of Topliss-reactive ketones (excluding diaryl/α,β-unsaturated/α-hetero) is 1. The molecule has 0 amide bonds. The van der Waals surface area contributed by atoms with E-state index in [0.717, 1.165) is 0 Å². The van der Waals surface area contributed by atoms with Crippen LogP contribution in [0.4, 0.5) is 0 Å². The first-order chi connectivity index (χ1) is 5.59. The molecule has 1 fully saturated rings. The number of piperidine rings is 1. The first kappa shape index (κ1) is 9.19. The number of nitrogens with zero attached hydrogens (tertiary/aromatic N) is 1. The van der Waals surface area contributed by atoms with E-state index in [4.69, 9.17) is 4.84 Å². The van der Waals surface area contributed by atoms with Gasteiger partial charge in [0.25, 0.3) is 0 Å². The monoisotopic (exact) mass is 171 g/mol. The molecule has 0 radical (unpaired) electrons. The minimum absolute atomic E-state index is 0.0233. The molecule has 4 heteroatoms. The fourth-order valence-corrected chi connectivity index (χ4v) is 1.29. The van der Waals surface area contributed by atoms with Crippen molar-refractivity contribution in [3.8, 4) is 0 Å². The van der Waals surface area contributed by atoms with Gasteiger partial charge in [-0.2, -0.15) is 0 Å². The Labute approximate surface area is 71.4 Å². The fraction of sp³-hybridized carbons (Fsp3) is 0.750. The van der Waals surface area contributed by atoms with Gasteiger partial charge in [0.05, 0.1) is 6.04 Å². The average Bonchev–Trinajstić information content (AvgIpc) is 1.94. The normalized spacial score (nSPS) is 25.5. The van der Waals surface area contributed by atoms with Gasteiger partial charge in [-0.25, -0.2) is 0 Å². The summed E-state index contributed by atoms with van der Waals surface area (Å²) < 4.78 is 0. The summed E-state index contributed by atoms with van der Waals surface area (Å²) in [7, 11) is 0. The first-order valence-corrected chi connectivity index (χ1v) is 4.06. The smallest absolute Gasteiger partial charge is 0.322 e. The van der Waals surface area contributed by atoms with E-state index in [2.05, 4.69) is 0 Å². The molecule has 0 aliphatic carbocycles. The van der Waals surface area contributed by atoms with Gasteiger partial charge in [-0.3, -0.25) is 9.59 Å².